The van der Waals surface area contributed by atoms with Gasteiger partial charge in [0, 0.05) is 25.2 Å². The highest BCUT2D eigenvalue weighted by Crippen LogP contribution is 2.34. The van der Waals surface area contributed by atoms with Crippen molar-refractivity contribution in [3.05, 3.63) is 66.2 Å². The lowest BCUT2D eigenvalue weighted by Crippen LogP contribution is -2.43. The van der Waals surface area contributed by atoms with Gasteiger partial charge < -0.3 is 15.0 Å². The van der Waals surface area contributed by atoms with Crippen molar-refractivity contribution in [2.24, 2.45) is 7.05 Å². The van der Waals surface area contributed by atoms with Crippen molar-refractivity contribution in [2.75, 3.05) is 6.54 Å². The van der Waals surface area contributed by atoms with Crippen LogP contribution < -0.4 is 10.1 Å². The number of urea groups is 1. The van der Waals surface area contributed by atoms with Crippen molar-refractivity contribution in [2.45, 2.75) is 39.8 Å². The number of ether oxygens (including phenoxy) is 1. The Labute approximate surface area is 178 Å². The number of aromatic nitrogens is 2. The van der Waals surface area contributed by atoms with Gasteiger partial charge >= 0.3 is 6.03 Å². The van der Waals surface area contributed by atoms with Crippen molar-refractivity contribution in [3.8, 4) is 22.9 Å². The lowest BCUT2D eigenvalue weighted by atomic mass is 10.1. The van der Waals surface area contributed by atoms with Gasteiger partial charge in [-0.2, -0.15) is 5.10 Å². The zero-order valence-corrected chi connectivity index (χ0v) is 18.1. The minimum absolute atomic E-state index is 0.0689. The number of benzene rings is 2. The van der Waals surface area contributed by atoms with Crippen molar-refractivity contribution >= 4 is 6.03 Å². The summed E-state index contributed by atoms with van der Waals surface area (Å²) in [4.78, 5) is 14.6. The Balaban J connectivity index is 2.03. The number of aryl methyl sites for hydroxylation is 1. The fourth-order valence-electron chi connectivity index (χ4n) is 3.30. The maximum Gasteiger partial charge on any atom is 0.317 e. The lowest BCUT2D eigenvalue weighted by molar-refractivity contribution is 0.192. The summed E-state index contributed by atoms with van der Waals surface area (Å²) in [6.07, 6.45) is 0.862. The monoisotopic (exact) mass is 406 g/mol. The van der Waals surface area contributed by atoms with E-state index in [0.717, 1.165) is 29.0 Å². The molecule has 0 aliphatic rings. The Hall–Kier alpha value is -3.28. The molecule has 0 bridgehead atoms. The number of nitrogens with one attached hydrogen (secondary N) is 1. The van der Waals surface area contributed by atoms with Crippen molar-refractivity contribution in [1.82, 2.24) is 20.0 Å². The molecule has 0 saturated carbocycles. The molecule has 2 amide bonds. The van der Waals surface area contributed by atoms with Gasteiger partial charge in [-0.15, -0.1) is 0 Å². The standard InChI is InChI=1S/C24H30N4O2/c1-5-16-28(24(29)25-18(2)3)17-21-22(19-12-8-6-9-13-19)26-27(4)23(21)30-20-14-10-7-11-15-20/h6-15,18H,5,16-17H2,1-4H3,(H,25,29). The largest absolute Gasteiger partial charge is 0.439 e. The van der Waals surface area contributed by atoms with Gasteiger partial charge in [0.25, 0.3) is 0 Å². The van der Waals surface area contributed by atoms with E-state index in [-0.39, 0.29) is 12.1 Å². The number of hydrogen-bond donors (Lipinski definition) is 1. The second-order valence-corrected chi connectivity index (χ2v) is 7.56. The average Bonchev–Trinajstić information content (AvgIpc) is 3.04. The molecule has 0 saturated heterocycles. The number of carbonyl (C=O) groups is 1. The van der Waals surface area contributed by atoms with E-state index in [1.165, 1.54) is 0 Å². The van der Waals surface area contributed by atoms with Crippen LogP contribution in [0.15, 0.2) is 60.7 Å². The molecule has 0 radical (unpaired) electrons. The summed E-state index contributed by atoms with van der Waals surface area (Å²) in [6, 6.07) is 19.6. The van der Waals surface area contributed by atoms with E-state index in [4.69, 9.17) is 9.84 Å². The zero-order chi connectivity index (χ0) is 21.5. The highest BCUT2D eigenvalue weighted by molar-refractivity contribution is 5.75. The molecule has 1 heterocycles. The molecule has 0 fully saturated rings. The first kappa shape index (κ1) is 21.4. The van der Waals surface area contributed by atoms with E-state index in [0.29, 0.717) is 19.0 Å². The van der Waals surface area contributed by atoms with E-state index in [9.17, 15) is 4.79 Å². The number of rotatable bonds is 8. The zero-order valence-electron chi connectivity index (χ0n) is 18.1. The molecule has 30 heavy (non-hydrogen) atoms. The highest BCUT2D eigenvalue weighted by atomic mass is 16.5. The highest BCUT2D eigenvalue weighted by Gasteiger charge is 2.24. The van der Waals surface area contributed by atoms with Gasteiger partial charge in [0.05, 0.1) is 12.1 Å². The van der Waals surface area contributed by atoms with Crippen LogP contribution >= 0.6 is 0 Å². The van der Waals surface area contributed by atoms with Crippen LogP contribution in [0.4, 0.5) is 4.79 Å². The molecule has 3 aromatic rings. The molecule has 1 N–H and O–H groups in total. The molecule has 0 aliphatic heterocycles. The maximum absolute atomic E-state index is 12.8. The van der Waals surface area contributed by atoms with Crippen molar-refractivity contribution in [3.63, 3.8) is 0 Å². The maximum atomic E-state index is 12.8. The van der Waals surface area contributed by atoms with Crippen LogP contribution in [0.3, 0.4) is 0 Å². The number of carbonyl (C=O) groups excluding carboxylic acids is 1. The van der Waals surface area contributed by atoms with E-state index < -0.39 is 0 Å². The Morgan fingerprint density at radius 3 is 2.33 bits per heavy atom. The molecule has 0 spiro atoms. The van der Waals surface area contributed by atoms with E-state index in [1.807, 2.05) is 86.5 Å². The molecule has 6 nitrogen and oxygen atoms in total. The summed E-state index contributed by atoms with van der Waals surface area (Å²) in [6.45, 7) is 7.05. The number of para-hydroxylation sites is 1. The fourth-order valence-corrected chi connectivity index (χ4v) is 3.30. The second kappa shape index (κ2) is 9.96. The number of nitrogens with zero attached hydrogens (tertiary/aromatic N) is 3. The summed E-state index contributed by atoms with van der Waals surface area (Å²) >= 11 is 0. The quantitative estimate of drug-likeness (QED) is 0.559. The molecule has 0 atom stereocenters. The average molecular weight is 407 g/mol. The second-order valence-electron chi connectivity index (χ2n) is 7.56. The third-order valence-corrected chi connectivity index (χ3v) is 4.63. The molecule has 3 rings (SSSR count). The van der Waals surface area contributed by atoms with E-state index in [2.05, 4.69) is 12.2 Å². The van der Waals surface area contributed by atoms with Gasteiger partial charge in [0.2, 0.25) is 5.88 Å². The predicted molar refractivity (Wildman–Crippen MR) is 120 cm³/mol. The van der Waals surface area contributed by atoms with Crippen LogP contribution in [0, 0.1) is 0 Å². The molecule has 2 aromatic carbocycles. The van der Waals surface area contributed by atoms with Crippen LogP contribution in [-0.2, 0) is 13.6 Å². The molecular formula is C24H30N4O2. The fraction of sp³-hybridized carbons (Fsp3) is 0.333. The lowest BCUT2D eigenvalue weighted by Gasteiger charge is -2.24. The minimum atomic E-state index is -0.0830. The third kappa shape index (κ3) is 5.20. The van der Waals surface area contributed by atoms with Crippen LogP contribution in [0.25, 0.3) is 11.3 Å². The predicted octanol–water partition coefficient (Wildman–Crippen LogP) is 5.21. The summed E-state index contributed by atoms with van der Waals surface area (Å²) in [7, 11) is 1.87. The molecule has 0 unspecified atom stereocenters. The minimum Gasteiger partial charge on any atom is -0.439 e. The Morgan fingerprint density at radius 2 is 1.73 bits per heavy atom. The SMILES string of the molecule is CCCN(Cc1c(-c2ccccc2)nn(C)c1Oc1ccccc1)C(=O)NC(C)C. The summed E-state index contributed by atoms with van der Waals surface area (Å²) < 4.78 is 7.97. The van der Waals surface area contributed by atoms with Crippen LogP contribution in [-0.4, -0.2) is 33.3 Å². The van der Waals surface area contributed by atoms with Crippen LogP contribution in [0.5, 0.6) is 11.6 Å². The van der Waals surface area contributed by atoms with Gasteiger partial charge in [-0.25, -0.2) is 9.48 Å². The van der Waals surface area contributed by atoms with Gasteiger partial charge in [0.1, 0.15) is 11.4 Å². The van der Waals surface area contributed by atoms with Gasteiger partial charge in [-0.05, 0) is 32.4 Å². The van der Waals surface area contributed by atoms with Crippen LogP contribution in [0.1, 0.15) is 32.8 Å². The van der Waals surface area contributed by atoms with Gasteiger partial charge in [0.15, 0.2) is 0 Å². The van der Waals surface area contributed by atoms with Crippen molar-refractivity contribution in [1.29, 1.82) is 0 Å². The van der Waals surface area contributed by atoms with E-state index in [1.54, 1.807) is 4.68 Å². The van der Waals surface area contributed by atoms with Crippen LogP contribution in [0.2, 0.25) is 0 Å². The number of hydrogen-bond acceptors (Lipinski definition) is 3. The van der Waals surface area contributed by atoms with E-state index >= 15 is 0 Å². The van der Waals surface area contributed by atoms with Gasteiger partial charge in [-0.1, -0.05) is 55.5 Å². The van der Waals surface area contributed by atoms with Crippen molar-refractivity contribution < 1.29 is 9.53 Å². The molecule has 1 aromatic heterocycles. The first-order chi connectivity index (χ1) is 14.5. The summed E-state index contributed by atoms with van der Waals surface area (Å²) in [5, 5.41) is 7.75. The summed E-state index contributed by atoms with van der Waals surface area (Å²) in [5.74, 6) is 1.37. The molecule has 6 heteroatoms. The first-order valence-corrected chi connectivity index (χ1v) is 10.4. The van der Waals surface area contributed by atoms with Gasteiger partial charge in [-0.3, -0.25) is 0 Å². The Kier molecular flexibility index (Phi) is 7.12. The summed E-state index contributed by atoms with van der Waals surface area (Å²) in [5.41, 5.74) is 2.70. The Bertz CT molecular complexity index is 952. The Morgan fingerprint density at radius 1 is 1.10 bits per heavy atom. The normalized spacial score (nSPS) is 10.8. The molecular weight excluding hydrogens is 376 g/mol. The molecule has 158 valence electrons. The third-order valence-electron chi connectivity index (χ3n) is 4.63. The first-order valence-electron chi connectivity index (χ1n) is 10.4. The number of amides is 2. The topological polar surface area (TPSA) is 59.4 Å². The molecule has 0 aliphatic carbocycles. The smallest absolute Gasteiger partial charge is 0.317 e.